The second-order valence-electron chi connectivity index (χ2n) is 5.64. The van der Waals surface area contributed by atoms with Gasteiger partial charge in [0.05, 0.1) is 21.5 Å². The van der Waals surface area contributed by atoms with Gasteiger partial charge >= 0.3 is 0 Å². The van der Waals surface area contributed by atoms with Crippen molar-refractivity contribution in [2.45, 2.75) is 16.8 Å². The van der Waals surface area contributed by atoms with E-state index in [0.29, 0.717) is 27.7 Å². The zero-order valence-corrected chi connectivity index (χ0v) is 14.9. The van der Waals surface area contributed by atoms with E-state index in [4.69, 9.17) is 0 Å². The van der Waals surface area contributed by atoms with Crippen molar-refractivity contribution in [1.29, 1.82) is 0 Å². The third-order valence-electron chi connectivity index (χ3n) is 3.64. The van der Waals surface area contributed by atoms with Crippen LogP contribution in [-0.2, 0) is 19.7 Å². The van der Waals surface area contributed by atoms with Gasteiger partial charge in [-0.1, -0.05) is 6.07 Å². The lowest BCUT2D eigenvalue weighted by Gasteiger charge is -2.08. The van der Waals surface area contributed by atoms with Crippen molar-refractivity contribution in [1.82, 2.24) is 15.2 Å². The Morgan fingerprint density at radius 3 is 2.29 bits per heavy atom. The molecule has 1 N–H and O–H groups in total. The lowest BCUT2D eigenvalue weighted by atomic mass is 10.1. The molecule has 2 aromatic heterocycles. The summed E-state index contributed by atoms with van der Waals surface area (Å²) in [6.07, 6.45) is 3.77. The van der Waals surface area contributed by atoms with Crippen molar-refractivity contribution in [2.24, 2.45) is 0 Å². The molecule has 0 unspecified atom stereocenters. The molecule has 0 spiro atoms. The zero-order chi connectivity index (χ0) is 17.7. The monoisotopic (exact) mass is 365 g/mol. The number of rotatable bonds is 3. The predicted molar refractivity (Wildman–Crippen MR) is 90.3 cm³/mol. The molecule has 3 rings (SSSR count). The number of aryl methyl sites for hydroxylation is 1. The summed E-state index contributed by atoms with van der Waals surface area (Å²) in [5, 5.41) is 6.89. The molecule has 0 saturated carbocycles. The molecule has 7 nitrogen and oxygen atoms in total. The van der Waals surface area contributed by atoms with E-state index in [1.165, 1.54) is 6.07 Å². The lowest BCUT2D eigenvalue weighted by Crippen LogP contribution is -2.01. The van der Waals surface area contributed by atoms with Crippen LogP contribution in [0, 0.1) is 6.92 Å². The van der Waals surface area contributed by atoms with E-state index < -0.39 is 19.7 Å². The summed E-state index contributed by atoms with van der Waals surface area (Å²) >= 11 is 0. The molecule has 0 saturated heterocycles. The molecular formula is C15H15N3O4S2. The van der Waals surface area contributed by atoms with E-state index in [1.807, 2.05) is 0 Å². The SMILES string of the molecule is Cc1cc(-c2nccc3[nH]nc(S(C)(=O)=O)c23)ccc1S(C)(=O)=O. The first kappa shape index (κ1) is 16.6. The van der Waals surface area contributed by atoms with Gasteiger partial charge in [-0.3, -0.25) is 10.1 Å². The molecule has 0 radical (unpaired) electrons. The van der Waals surface area contributed by atoms with Crippen molar-refractivity contribution in [2.75, 3.05) is 12.5 Å². The third kappa shape index (κ3) is 2.80. The minimum atomic E-state index is -3.54. The van der Waals surface area contributed by atoms with Gasteiger partial charge in [-0.2, -0.15) is 5.10 Å². The standard InChI is InChI=1S/C15H15N3O4S2/c1-9-8-10(4-5-12(9)23(2,19)20)14-13-11(6-7-16-14)17-18-15(13)24(3,21)22/h4-8H,1-3H3,(H,17,18). The summed E-state index contributed by atoms with van der Waals surface area (Å²) in [6, 6.07) is 6.43. The highest BCUT2D eigenvalue weighted by molar-refractivity contribution is 7.91. The van der Waals surface area contributed by atoms with E-state index in [-0.39, 0.29) is 9.92 Å². The smallest absolute Gasteiger partial charge is 0.195 e. The average molecular weight is 365 g/mol. The lowest BCUT2D eigenvalue weighted by molar-refractivity contribution is 0.598. The van der Waals surface area contributed by atoms with Crippen molar-refractivity contribution >= 4 is 30.6 Å². The highest BCUT2D eigenvalue weighted by Gasteiger charge is 2.21. The Hall–Kier alpha value is -2.26. The number of H-pyrrole nitrogens is 1. The van der Waals surface area contributed by atoms with Crippen LogP contribution in [0.2, 0.25) is 0 Å². The highest BCUT2D eigenvalue weighted by atomic mass is 32.2. The Morgan fingerprint density at radius 1 is 1.00 bits per heavy atom. The normalized spacial score (nSPS) is 12.6. The minimum absolute atomic E-state index is 0.0783. The fourth-order valence-corrected chi connectivity index (χ4v) is 4.39. The van der Waals surface area contributed by atoms with Crippen LogP contribution in [0.5, 0.6) is 0 Å². The maximum absolute atomic E-state index is 12.0. The second-order valence-corrected chi connectivity index (χ2v) is 9.55. The zero-order valence-electron chi connectivity index (χ0n) is 13.2. The van der Waals surface area contributed by atoms with Crippen LogP contribution in [0.1, 0.15) is 5.56 Å². The molecule has 0 aliphatic carbocycles. The number of pyridine rings is 1. The first-order valence-corrected chi connectivity index (χ1v) is 10.7. The van der Waals surface area contributed by atoms with Gasteiger partial charge in [-0.05, 0) is 30.7 Å². The van der Waals surface area contributed by atoms with Crippen molar-refractivity contribution in [3.63, 3.8) is 0 Å². The van der Waals surface area contributed by atoms with Crippen LogP contribution in [0.4, 0.5) is 0 Å². The summed E-state index contributed by atoms with van der Waals surface area (Å²) < 4.78 is 47.4. The van der Waals surface area contributed by atoms with Gasteiger partial charge in [0, 0.05) is 24.3 Å². The van der Waals surface area contributed by atoms with Gasteiger partial charge in [-0.15, -0.1) is 0 Å². The molecule has 2 heterocycles. The molecule has 0 aliphatic heterocycles. The van der Waals surface area contributed by atoms with E-state index >= 15 is 0 Å². The van der Waals surface area contributed by atoms with Crippen molar-refractivity contribution in [3.05, 3.63) is 36.0 Å². The Bertz CT molecular complexity index is 1160. The number of aromatic amines is 1. The summed E-state index contributed by atoms with van der Waals surface area (Å²) in [5.74, 6) is 0. The van der Waals surface area contributed by atoms with Gasteiger partial charge in [0.25, 0.3) is 0 Å². The Morgan fingerprint density at radius 2 is 1.71 bits per heavy atom. The number of fused-ring (bicyclic) bond motifs is 1. The fourth-order valence-electron chi connectivity index (χ4n) is 2.64. The molecule has 1 aromatic carbocycles. The van der Waals surface area contributed by atoms with E-state index in [9.17, 15) is 16.8 Å². The molecule has 9 heteroatoms. The minimum Gasteiger partial charge on any atom is -0.276 e. The quantitative estimate of drug-likeness (QED) is 0.757. The molecular weight excluding hydrogens is 350 g/mol. The van der Waals surface area contributed by atoms with Gasteiger partial charge < -0.3 is 0 Å². The molecule has 0 fully saturated rings. The van der Waals surface area contributed by atoms with Crippen LogP contribution >= 0.6 is 0 Å². The summed E-state index contributed by atoms with van der Waals surface area (Å²) in [4.78, 5) is 4.51. The molecule has 0 aliphatic rings. The van der Waals surface area contributed by atoms with Crippen molar-refractivity contribution in [3.8, 4) is 11.3 Å². The number of aromatic nitrogens is 3. The van der Waals surface area contributed by atoms with E-state index in [0.717, 1.165) is 12.5 Å². The fraction of sp³-hybridized carbons (Fsp3) is 0.200. The average Bonchev–Trinajstić information content (AvgIpc) is 2.89. The summed E-state index contributed by atoms with van der Waals surface area (Å²) in [5.41, 5.74) is 2.17. The summed E-state index contributed by atoms with van der Waals surface area (Å²) in [6.45, 7) is 1.69. The molecule has 3 aromatic rings. The molecule has 24 heavy (non-hydrogen) atoms. The largest absolute Gasteiger partial charge is 0.276 e. The molecule has 0 amide bonds. The van der Waals surface area contributed by atoms with Crippen molar-refractivity contribution < 1.29 is 16.8 Å². The highest BCUT2D eigenvalue weighted by Crippen LogP contribution is 2.31. The van der Waals surface area contributed by atoms with E-state index in [1.54, 1.807) is 31.3 Å². The van der Waals surface area contributed by atoms with Gasteiger partial charge in [-0.25, -0.2) is 16.8 Å². The second kappa shape index (κ2) is 5.38. The van der Waals surface area contributed by atoms with Crippen LogP contribution < -0.4 is 0 Å². The number of sulfone groups is 2. The van der Waals surface area contributed by atoms with Gasteiger partial charge in [0.15, 0.2) is 24.7 Å². The Balaban J connectivity index is 2.32. The Labute approximate surface area is 139 Å². The molecule has 0 bridgehead atoms. The van der Waals surface area contributed by atoms with E-state index in [2.05, 4.69) is 15.2 Å². The van der Waals surface area contributed by atoms with Gasteiger partial charge in [0.1, 0.15) is 0 Å². The van der Waals surface area contributed by atoms with Crippen LogP contribution in [0.3, 0.4) is 0 Å². The first-order chi connectivity index (χ1) is 11.1. The molecule has 0 atom stereocenters. The van der Waals surface area contributed by atoms with Crippen LogP contribution in [0.15, 0.2) is 40.4 Å². The Kier molecular flexibility index (Phi) is 3.72. The first-order valence-electron chi connectivity index (χ1n) is 6.93. The van der Waals surface area contributed by atoms with Crippen LogP contribution in [-0.4, -0.2) is 44.5 Å². The molecule has 126 valence electrons. The maximum atomic E-state index is 12.0. The van der Waals surface area contributed by atoms with Crippen LogP contribution in [0.25, 0.3) is 22.2 Å². The number of hydrogen-bond donors (Lipinski definition) is 1. The number of nitrogens with one attached hydrogen (secondary N) is 1. The van der Waals surface area contributed by atoms with Gasteiger partial charge in [0.2, 0.25) is 0 Å². The predicted octanol–water partition coefficient (Wildman–Crippen LogP) is 1.74. The maximum Gasteiger partial charge on any atom is 0.195 e. The number of benzene rings is 1. The number of nitrogens with zero attached hydrogens (tertiary/aromatic N) is 2. The summed E-state index contributed by atoms with van der Waals surface area (Å²) in [7, 11) is -6.87. The topological polar surface area (TPSA) is 110 Å². The third-order valence-corrected chi connectivity index (χ3v) is 5.90. The number of hydrogen-bond acceptors (Lipinski definition) is 6.